The molecule has 2 rings (SSSR count). The summed E-state index contributed by atoms with van der Waals surface area (Å²) in [5.74, 6) is -0.131. The number of nitrogens with one attached hydrogen (secondary N) is 2. The zero-order chi connectivity index (χ0) is 14.4. The number of rotatable bonds is 5. The maximum absolute atomic E-state index is 11.8. The van der Waals surface area contributed by atoms with Crippen LogP contribution in [0.1, 0.15) is 17.4 Å². The van der Waals surface area contributed by atoms with E-state index in [4.69, 9.17) is 4.74 Å². The number of carbonyl (C=O) groups excluding carboxylic acids is 1. The molecule has 1 aromatic carbocycles. The van der Waals surface area contributed by atoms with Crippen LogP contribution in [0.5, 0.6) is 0 Å². The molecule has 0 aliphatic carbocycles. The van der Waals surface area contributed by atoms with Gasteiger partial charge in [-0.1, -0.05) is 18.2 Å². The Morgan fingerprint density at radius 2 is 2.05 bits per heavy atom. The molecule has 0 bridgehead atoms. The van der Waals surface area contributed by atoms with E-state index in [2.05, 4.69) is 20.6 Å². The fourth-order valence-electron chi connectivity index (χ4n) is 1.63. The number of anilines is 3. The van der Waals surface area contributed by atoms with Crippen LogP contribution >= 0.6 is 0 Å². The van der Waals surface area contributed by atoms with E-state index in [9.17, 15) is 4.79 Å². The van der Waals surface area contributed by atoms with Crippen LogP contribution in [0.2, 0.25) is 0 Å². The lowest BCUT2D eigenvalue weighted by molar-refractivity contribution is 0.0520. The first-order chi connectivity index (χ1) is 9.74. The van der Waals surface area contributed by atoms with Gasteiger partial charge in [0.15, 0.2) is 5.69 Å². The van der Waals surface area contributed by atoms with Crippen LogP contribution in [0.25, 0.3) is 0 Å². The Bertz CT molecular complexity index is 587. The predicted molar refractivity (Wildman–Crippen MR) is 77.3 cm³/mol. The van der Waals surface area contributed by atoms with Crippen LogP contribution in [0.3, 0.4) is 0 Å². The van der Waals surface area contributed by atoms with Crippen LogP contribution in [-0.2, 0) is 4.74 Å². The molecule has 0 aliphatic rings. The van der Waals surface area contributed by atoms with E-state index in [1.165, 1.54) is 0 Å². The molecule has 104 valence electrons. The van der Waals surface area contributed by atoms with E-state index in [1.54, 1.807) is 20.2 Å². The van der Waals surface area contributed by atoms with Crippen molar-refractivity contribution in [3.8, 4) is 0 Å². The third-order valence-electron chi connectivity index (χ3n) is 2.56. The summed E-state index contributed by atoms with van der Waals surface area (Å²) in [5, 5.41) is 5.91. The number of carbonyl (C=O) groups is 1. The van der Waals surface area contributed by atoms with Gasteiger partial charge in [0.2, 0.25) is 5.95 Å². The third kappa shape index (κ3) is 3.23. The fraction of sp³-hybridized carbons (Fsp3) is 0.214. The molecule has 6 nitrogen and oxygen atoms in total. The number of hydrogen-bond donors (Lipinski definition) is 2. The number of esters is 1. The summed E-state index contributed by atoms with van der Waals surface area (Å²) in [6.07, 6.45) is 1.55. The Balaban J connectivity index is 2.27. The minimum Gasteiger partial charge on any atom is -0.461 e. The molecule has 2 N–H and O–H groups in total. The highest BCUT2D eigenvalue weighted by molar-refractivity contribution is 5.93. The summed E-state index contributed by atoms with van der Waals surface area (Å²) < 4.78 is 4.98. The zero-order valence-electron chi connectivity index (χ0n) is 11.4. The lowest BCUT2D eigenvalue weighted by Gasteiger charge is -2.10. The van der Waals surface area contributed by atoms with Gasteiger partial charge in [-0.05, 0) is 19.1 Å². The predicted octanol–water partition coefficient (Wildman–Crippen LogP) is 2.44. The Morgan fingerprint density at radius 3 is 2.70 bits per heavy atom. The zero-order valence-corrected chi connectivity index (χ0v) is 11.4. The van der Waals surface area contributed by atoms with Gasteiger partial charge in [0.05, 0.1) is 18.5 Å². The van der Waals surface area contributed by atoms with E-state index in [0.29, 0.717) is 18.2 Å². The lowest BCUT2D eigenvalue weighted by atomic mass is 10.3. The molecular formula is C14H16N4O2. The Morgan fingerprint density at radius 1 is 1.30 bits per heavy atom. The SMILES string of the molecule is CCOC(=O)c1nc(Nc2ccccc2)ncc1NC. The van der Waals surface area contributed by atoms with Gasteiger partial charge < -0.3 is 15.4 Å². The van der Waals surface area contributed by atoms with Crippen molar-refractivity contribution in [1.82, 2.24) is 9.97 Å². The molecule has 0 unspecified atom stereocenters. The van der Waals surface area contributed by atoms with Crippen molar-refractivity contribution in [3.63, 3.8) is 0 Å². The van der Waals surface area contributed by atoms with Gasteiger partial charge in [0, 0.05) is 12.7 Å². The van der Waals surface area contributed by atoms with Crippen molar-refractivity contribution in [2.45, 2.75) is 6.92 Å². The number of hydrogen-bond acceptors (Lipinski definition) is 6. The topological polar surface area (TPSA) is 76.1 Å². The van der Waals surface area contributed by atoms with E-state index in [1.807, 2.05) is 30.3 Å². The molecule has 6 heteroatoms. The van der Waals surface area contributed by atoms with Crippen molar-refractivity contribution in [2.24, 2.45) is 0 Å². The molecule has 0 fully saturated rings. The highest BCUT2D eigenvalue weighted by atomic mass is 16.5. The maximum atomic E-state index is 11.8. The number of ether oxygens (including phenoxy) is 1. The van der Waals surface area contributed by atoms with Crippen molar-refractivity contribution >= 4 is 23.3 Å². The summed E-state index contributed by atoms with van der Waals surface area (Å²) in [7, 11) is 1.70. The van der Waals surface area contributed by atoms with Gasteiger partial charge in [-0.2, -0.15) is 0 Å². The molecule has 0 amide bonds. The van der Waals surface area contributed by atoms with Crippen LogP contribution in [-0.4, -0.2) is 29.6 Å². The second-order valence-corrected chi connectivity index (χ2v) is 3.92. The molecule has 1 heterocycles. The van der Waals surface area contributed by atoms with Crippen LogP contribution in [0, 0.1) is 0 Å². The summed E-state index contributed by atoms with van der Waals surface area (Å²) in [4.78, 5) is 20.2. The van der Waals surface area contributed by atoms with Gasteiger partial charge >= 0.3 is 5.97 Å². The maximum Gasteiger partial charge on any atom is 0.359 e. The van der Waals surface area contributed by atoms with E-state index < -0.39 is 5.97 Å². The molecule has 0 saturated heterocycles. The van der Waals surface area contributed by atoms with Crippen LogP contribution < -0.4 is 10.6 Å². The van der Waals surface area contributed by atoms with Crippen molar-refractivity contribution in [3.05, 3.63) is 42.2 Å². The smallest absolute Gasteiger partial charge is 0.359 e. The first-order valence-electron chi connectivity index (χ1n) is 6.28. The van der Waals surface area contributed by atoms with E-state index >= 15 is 0 Å². The number of aromatic nitrogens is 2. The Hall–Kier alpha value is -2.63. The average molecular weight is 272 g/mol. The minimum absolute atomic E-state index is 0.211. The Labute approximate surface area is 117 Å². The normalized spacial score (nSPS) is 9.90. The molecule has 0 atom stereocenters. The third-order valence-corrected chi connectivity index (χ3v) is 2.56. The number of benzene rings is 1. The van der Waals surface area contributed by atoms with Crippen molar-refractivity contribution in [1.29, 1.82) is 0 Å². The van der Waals surface area contributed by atoms with Crippen molar-refractivity contribution < 1.29 is 9.53 Å². The summed E-state index contributed by atoms with van der Waals surface area (Å²) >= 11 is 0. The van der Waals surface area contributed by atoms with Gasteiger partial charge in [-0.15, -0.1) is 0 Å². The van der Waals surface area contributed by atoms with E-state index in [-0.39, 0.29) is 5.69 Å². The molecular weight excluding hydrogens is 256 g/mol. The Kier molecular flexibility index (Phi) is 4.49. The van der Waals surface area contributed by atoms with Crippen molar-refractivity contribution in [2.75, 3.05) is 24.3 Å². The number of nitrogens with zero attached hydrogens (tertiary/aromatic N) is 2. The van der Waals surface area contributed by atoms with E-state index in [0.717, 1.165) is 5.69 Å². The second kappa shape index (κ2) is 6.51. The van der Waals surface area contributed by atoms with Gasteiger partial charge in [-0.25, -0.2) is 14.8 Å². The average Bonchev–Trinajstić information content (AvgIpc) is 2.48. The molecule has 1 aromatic heterocycles. The molecule has 20 heavy (non-hydrogen) atoms. The number of para-hydroxylation sites is 1. The van der Waals surface area contributed by atoms with Crippen LogP contribution in [0.15, 0.2) is 36.5 Å². The summed E-state index contributed by atoms with van der Waals surface area (Å²) in [5.41, 5.74) is 1.59. The molecule has 0 saturated carbocycles. The lowest BCUT2D eigenvalue weighted by Crippen LogP contribution is -2.12. The first-order valence-corrected chi connectivity index (χ1v) is 6.28. The van der Waals surface area contributed by atoms with Gasteiger partial charge in [0.1, 0.15) is 0 Å². The molecule has 0 aliphatic heterocycles. The monoisotopic (exact) mass is 272 g/mol. The highest BCUT2D eigenvalue weighted by Gasteiger charge is 2.15. The summed E-state index contributed by atoms with van der Waals surface area (Å²) in [6, 6.07) is 9.49. The fourth-order valence-corrected chi connectivity index (χ4v) is 1.63. The van der Waals surface area contributed by atoms with Gasteiger partial charge in [-0.3, -0.25) is 0 Å². The van der Waals surface area contributed by atoms with Crippen LogP contribution in [0.4, 0.5) is 17.3 Å². The largest absolute Gasteiger partial charge is 0.461 e. The quantitative estimate of drug-likeness (QED) is 0.814. The molecule has 2 aromatic rings. The highest BCUT2D eigenvalue weighted by Crippen LogP contribution is 2.17. The minimum atomic E-state index is -0.477. The summed E-state index contributed by atoms with van der Waals surface area (Å²) in [6.45, 7) is 2.05. The second-order valence-electron chi connectivity index (χ2n) is 3.92. The standard InChI is InChI=1S/C14H16N4O2/c1-3-20-13(19)12-11(15-2)9-16-14(18-12)17-10-7-5-4-6-8-10/h4-9,15H,3H2,1-2H3,(H,16,17,18). The molecule has 0 spiro atoms. The first kappa shape index (κ1) is 13.8. The molecule has 0 radical (unpaired) electrons. The van der Waals surface area contributed by atoms with Gasteiger partial charge in [0.25, 0.3) is 0 Å².